The Kier molecular flexibility index (Phi) is 3.92. The summed E-state index contributed by atoms with van der Waals surface area (Å²) in [5, 5.41) is 0.366. The summed E-state index contributed by atoms with van der Waals surface area (Å²) in [6, 6.07) is 1.61. The highest BCUT2D eigenvalue weighted by Gasteiger charge is 2.61. The molecule has 0 radical (unpaired) electrons. The molecule has 0 saturated carbocycles. The highest BCUT2D eigenvalue weighted by atomic mass is 35.5. The van der Waals surface area contributed by atoms with Crippen molar-refractivity contribution in [2.45, 2.75) is 45.1 Å². The van der Waals surface area contributed by atoms with Crippen LogP contribution in [0.15, 0.2) is 28.2 Å². The second kappa shape index (κ2) is 5.92. The summed E-state index contributed by atoms with van der Waals surface area (Å²) < 4.78 is 7.85. The summed E-state index contributed by atoms with van der Waals surface area (Å²) in [6.07, 6.45) is 3.27. The summed E-state index contributed by atoms with van der Waals surface area (Å²) in [4.78, 5) is 36.9. The SMILES string of the molecule is CC[C@@]12CN(c3cc(Cl)ncn3)[C@@H]([C@H](n3cc(C)c(=O)[nH]c3=O)O1)[C@@H]2C. The minimum Gasteiger partial charge on any atom is -0.347 e. The van der Waals surface area contributed by atoms with Gasteiger partial charge in [-0.2, -0.15) is 0 Å². The molecular weight excluding hydrogens is 358 g/mol. The van der Waals surface area contributed by atoms with E-state index >= 15 is 0 Å². The number of aromatic amines is 1. The van der Waals surface area contributed by atoms with Gasteiger partial charge in [0.2, 0.25) is 0 Å². The predicted molar refractivity (Wildman–Crippen MR) is 96.5 cm³/mol. The zero-order valence-electron chi connectivity index (χ0n) is 14.8. The van der Waals surface area contributed by atoms with E-state index in [1.54, 1.807) is 19.2 Å². The van der Waals surface area contributed by atoms with Crippen molar-refractivity contribution in [1.29, 1.82) is 0 Å². The van der Waals surface area contributed by atoms with E-state index in [1.807, 2.05) is 0 Å². The Labute approximate surface area is 154 Å². The van der Waals surface area contributed by atoms with Gasteiger partial charge in [-0.3, -0.25) is 14.3 Å². The van der Waals surface area contributed by atoms with Crippen LogP contribution in [-0.4, -0.2) is 37.7 Å². The van der Waals surface area contributed by atoms with E-state index in [-0.39, 0.29) is 17.5 Å². The molecule has 4 heterocycles. The number of aryl methyl sites for hydroxylation is 1. The summed E-state index contributed by atoms with van der Waals surface area (Å²) in [7, 11) is 0. The van der Waals surface area contributed by atoms with Gasteiger partial charge < -0.3 is 9.64 Å². The van der Waals surface area contributed by atoms with Crippen LogP contribution in [0.4, 0.5) is 5.82 Å². The molecule has 1 N–H and O–H groups in total. The fourth-order valence-corrected chi connectivity index (χ4v) is 4.34. The zero-order valence-corrected chi connectivity index (χ0v) is 15.5. The maximum atomic E-state index is 12.4. The van der Waals surface area contributed by atoms with Crippen LogP contribution < -0.4 is 16.1 Å². The summed E-state index contributed by atoms with van der Waals surface area (Å²) in [5.41, 5.74) is -0.786. The molecular formula is C17H20ClN5O3. The first-order valence-corrected chi connectivity index (χ1v) is 8.98. The largest absolute Gasteiger partial charge is 0.347 e. The van der Waals surface area contributed by atoms with Crippen molar-refractivity contribution in [3.05, 3.63) is 50.1 Å². The summed E-state index contributed by atoms with van der Waals surface area (Å²) >= 11 is 6.04. The molecule has 0 amide bonds. The Balaban J connectivity index is 1.82. The van der Waals surface area contributed by atoms with Crippen LogP contribution >= 0.6 is 11.6 Å². The lowest BCUT2D eigenvalue weighted by molar-refractivity contribution is -0.0951. The van der Waals surface area contributed by atoms with E-state index in [0.29, 0.717) is 23.1 Å². The fourth-order valence-electron chi connectivity index (χ4n) is 4.20. The number of ether oxygens (including phenoxy) is 1. The van der Waals surface area contributed by atoms with Gasteiger partial charge >= 0.3 is 5.69 Å². The molecule has 8 nitrogen and oxygen atoms in total. The zero-order chi connectivity index (χ0) is 18.6. The number of halogens is 1. The number of morpholine rings is 1. The molecule has 0 spiro atoms. The number of aromatic nitrogens is 4. The van der Waals surface area contributed by atoms with Gasteiger partial charge in [-0.05, 0) is 13.3 Å². The monoisotopic (exact) mass is 377 g/mol. The molecule has 9 heteroatoms. The van der Waals surface area contributed by atoms with E-state index in [2.05, 4.69) is 33.7 Å². The predicted octanol–water partition coefficient (Wildman–Crippen LogP) is 1.49. The van der Waals surface area contributed by atoms with Gasteiger partial charge in [-0.15, -0.1) is 0 Å². The molecule has 2 fully saturated rings. The molecule has 2 aromatic heterocycles. The van der Waals surface area contributed by atoms with Crippen LogP contribution in [0.5, 0.6) is 0 Å². The fraction of sp³-hybridized carbons (Fsp3) is 0.529. The van der Waals surface area contributed by atoms with E-state index in [4.69, 9.17) is 16.3 Å². The van der Waals surface area contributed by atoms with Crippen molar-refractivity contribution in [2.24, 2.45) is 5.92 Å². The van der Waals surface area contributed by atoms with Gasteiger partial charge in [0.15, 0.2) is 6.23 Å². The van der Waals surface area contributed by atoms with Gasteiger partial charge in [-0.1, -0.05) is 25.4 Å². The van der Waals surface area contributed by atoms with Gasteiger partial charge in [0.25, 0.3) is 5.56 Å². The van der Waals surface area contributed by atoms with E-state index in [1.165, 1.54) is 10.9 Å². The molecule has 26 heavy (non-hydrogen) atoms. The average Bonchev–Trinajstić information content (AvgIpc) is 3.06. The van der Waals surface area contributed by atoms with Crippen LogP contribution in [0, 0.1) is 12.8 Å². The molecule has 4 rings (SSSR count). The lowest BCUT2D eigenvalue weighted by Crippen LogP contribution is -2.48. The standard InChI is InChI=1S/C17H20ClN5O3/c1-4-17-7-23(12-5-11(18)19-8-20-12)13(10(17)3)15(26-17)22-6-9(2)14(24)21-16(22)25/h5-6,8,10,13,15H,4,7H2,1-3H3,(H,21,24,25)/t10-,13+,15+,17-/m0/s1. The third-order valence-electron chi connectivity index (χ3n) is 5.72. The van der Waals surface area contributed by atoms with Crippen molar-refractivity contribution < 1.29 is 4.74 Å². The molecule has 138 valence electrons. The van der Waals surface area contributed by atoms with Crippen LogP contribution in [0.3, 0.4) is 0 Å². The lowest BCUT2D eigenvalue weighted by Gasteiger charge is -2.38. The Morgan fingerprint density at radius 1 is 1.42 bits per heavy atom. The quantitative estimate of drug-likeness (QED) is 0.814. The van der Waals surface area contributed by atoms with Gasteiger partial charge in [-0.25, -0.2) is 14.8 Å². The maximum Gasteiger partial charge on any atom is 0.330 e. The first-order chi connectivity index (χ1) is 12.4. The molecule has 2 aliphatic heterocycles. The van der Waals surface area contributed by atoms with Crippen LogP contribution in [0.2, 0.25) is 5.15 Å². The van der Waals surface area contributed by atoms with Crippen molar-refractivity contribution in [1.82, 2.24) is 19.5 Å². The number of rotatable bonds is 3. The van der Waals surface area contributed by atoms with Gasteiger partial charge in [0.1, 0.15) is 17.3 Å². The summed E-state index contributed by atoms with van der Waals surface area (Å²) in [5.74, 6) is 0.880. The van der Waals surface area contributed by atoms with Crippen molar-refractivity contribution in [3.8, 4) is 0 Å². The van der Waals surface area contributed by atoms with Crippen molar-refractivity contribution >= 4 is 17.4 Å². The Hall–Kier alpha value is -2.19. The molecule has 0 unspecified atom stereocenters. The Bertz CT molecular complexity index is 973. The molecule has 2 aromatic rings. The van der Waals surface area contributed by atoms with Crippen LogP contribution in [-0.2, 0) is 4.74 Å². The third kappa shape index (κ3) is 2.39. The van der Waals surface area contributed by atoms with Gasteiger partial charge in [0.05, 0.1) is 11.6 Å². The average molecular weight is 378 g/mol. The smallest absolute Gasteiger partial charge is 0.330 e. The maximum absolute atomic E-state index is 12.4. The second-order valence-corrected chi connectivity index (χ2v) is 7.40. The van der Waals surface area contributed by atoms with Crippen LogP contribution in [0.25, 0.3) is 0 Å². The minimum atomic E-state index is -0.518. The first kappa shape index (κ1) is 17.2. The van der Waals surface area contributed by atoms with Gasteiger partial charge in [0, 0.05) is 30.3 Å². The Morgan fingerprint density at radius 3 is 2.85 bits per heavy atom. The van der Waals surface area contributed by atoms with Crippen LogP contribution in [0.1, 0.15) is 32.1 Å². The third-order valence-corrected chi connectivity index (χ3v) is 5.93. The number of hydrogen-bond acceptors (Lipinski definition) is 6. The number of hydrogen-bond donors (Lipinski definition) is 1. The van der Waals surface area contributed by atoms with Crippen molar-refractivity contribution in [3.63, 3.8) is 0 Å². The summed E-state index contributed by atoms with van der Waals surface area (Å²) in [6.45, 7) is 6.53. The highest BCUT2D eigenvalue weighted by molar-refractivity contribution is 6.29. The highest BCUT2D eigenvalue weighted by Crippen LogP contribution is 2.52. The van der Waals surface area contributed by atoms with E-state index in [0.717, 1.165) is 6.42 Å². The molecule has 4 atom stereocenters. The molecule has 0 aromatic carbocycles. The first-order valence-electron chi connectivity index (χ1n) is 8.60. The number of nitrogens with zero attached hydrogens (tertiary/aromatic N) is 4. The topological polar surface area (TPSA) is 93.1 Å². The number of nitrogens with one attached hydrogen (secondary N) is 1. The van der Waals surface area contributed by atoms with E-state index < -0.39 is 17.5 Å². The molecule has 2 saturated heterocycles. The number of anilines is 1. The molecule has 2 aliphatic rings. The molecule has 2 bridgehead atoms. The number of fused-ring (bicyclic) bond motifs is 2. The minimum absolute atomic E-state index is 0.107. The van der Waals surface area contributed by atoms with Crippen molar-refractivity contribution in [2.75, 3.05) is 11.4 Å². The number of H-pyrrole nitrogens is 1. The van der Waals surface area contributed by atoms with E-state index in [9.17, 15) is 9.59 Å². The molecule has 0 aliphatic carbocycles. The normalized spacial score (nSPS) is 30.2. The lowest BCUT2D eigenvalue weighted by atomic mass is 9.88. The second-order valence-electron chi connectivity index (χ2n) is 7.01. The Morgan fingerprint density at radius 2 is 2.19 bits per heavy atom.